The SMILES string of the molecule is CCCCOc1ccc2c(c1F)SC1C(F)=C(OCC)C=CC21. The van der Waals surface area contributed by atoms with Crippen molar-refractivity contribution in [2.75, 3.05) is 13.2 Å². The molecule has 0 N–H and O–H groups in total. The van der Waals surface area contributed by atoms with Gasteiger partial charge < -0.3 is 9.47 Å². The second-order valence-electron chi connectivity index (χ2n) is 5.57. The minimum atomic E-state index is -0.447. The molecule has 2 nitrogen and oxygen atoms in total. The molecule has 1 aliphatic heterocycles. The molecule has 1 aromatic carbocycles. The van der Waals surface area contributed by atoms with Gasteiger partial charge in [0.15, 0.2) is 23.2 Å². The molecule has 5 heteroatoms. The van der Waals surface area contributed by atoms with E-state index in [4.69, 9.17) is 9.47 Å². The van der Waals surface area contributed by atoms with E-state index in [2.05, 4.69) is 6.92 Å². The van der Waals surface area contributed by atoms with Gasteiger partial charge in [0.05, 0.1) is 23.4 Å². The first kappa shape index (κ1) is 16.4. The molecular weight excluding hydrogens is 318 g/mol. The summed E-state index contributed by atoms with van der Waals surface area (Å²) in [5.74, 6) is -0.334. The molecule has 2 unspecified atom stereocenters. The van der Waals surface area contributed by atoms with Gasteiger partial charge in [0.2, 0.25) is 0 Å². The van der Waals surface area contributed by atoms with Crippen LogP contribution < -0.4 is 4.74 Å². The van der Waals surface area contributed by atoms with Crippen LogP contribution in [0.1, 0.15) is 38.2 Å². The number of halogens is 2. The summed E-state index contributed by atoms with van der Waals surface area (Å²) < 4.78 is 40.1. The van der Waals surface area contributed by atoms with Crippen molar-refractivity contribution in [3.63, 3.8) is 0 Å². The zero-order valence-corrected chi connectivity index (χ0v) is 14.1. The molecule has 0 amide bonds. The molecule has 1 aliphatic carbocycles. The van der Waals surface area contributed by atoms with Crippen molar-refractivity contribution in [1.82, 2.24) is 0 Å². The van der Waals surface area contributed by atoms with Crippen LogP contribution in [-0.4, -0.2) is 18.5 Å². The summed E-state index contributed by atoms with van der Waals surface area (Å²) in [6.45, 7) is 4.77. The second-order valence-corrected chi connectivity index (χ2v) is 6.72. The highest BCUT2D eigenvalue weighted by Crippen LogP contribution is 2.53. The van der Waals surface area contributed by atoms with Crippen LogP contribution in [0.25, 0.3) is 0 Å². The molecule has 2 atom stereocenters. The number of hydrogen-bond acceptors (Lipinski definition) is 3. The third kappa shape index (κ3) is 2.99. The van der Waals surface area contributed by atoms with Gasteiger partial charge >= 0.3 is 0 Å². The summed E-state index contributed by atoms with van der Waals surface area (Å²) >= 11 is 1.22. The maximum atomic E-state index is 14.7. The van der Waals surface area contributed by atoms with E-state index in [1.807, 2.05) is 19.1 Å². The van der Waals surface area contributed by atoms with Crippen LogP contribution in [0.15, 0.2) is 40.8 Å². The fourth-order valence-electron chi connectivity index (χ4n) is 2.83. The van der Waals surface area contributed by atoms with E-state index in [-0.39, 0.29) is 29.1 Å². The van der Waals surface area contributed by atoms with Crippen molar-refractivity contribution in [3.8, 4) is 5.75 Å². The first-order valence-corrected chi connectivity index (χ1v) is 8.87. The Morgan fingerprint density at radius 3 is 2.74 bits per heavy atom. The van der Waals surface area contributed by atoms with E-state index in [0.717, 1.165) is 18.4 Å². The zero-order valence-electron chi connectivity index (χ0n) is 13.3. The minimum Gasteiger partial charge on any atom is -0.491 e. The van der Waals surface area contributed by atoms with E-state index < -0.39 is 5.25 Å². The monoisotopic (exact) mass is 338 g/mol. The maximum absolute atomic E-state index is 14.7. The summed E-state index contributed by atoms with van der Waals surface area (Å²) in [5, 5.41) is -0.447. The van der Waals surface area contributed by atoms with Crippen LogP contribution >= 0.6 is 11.8 Å². The van der Waals surface area contributed by atoms with Crippen molar-refractivity contribution in [2.24, 2.45) is 0 Å². The van der Waals surface area contributed by atoms with Gasteiger partial charge in [0, 0.05) is 5.92 Å². The molecule has 0 saturated heterocycles. The van der Waals surface area contributed by atoms with Crippen LogP contribution in [0.2, 0.25) is 0 Å². The highest BCUT2D eigenvalue weighted by molar-refractivity contribution is 8.00. The molecule has 0 saturated carbocycles. The summed E-state index contributed by atoms with van der Waals surface area (Å²) in [6, 6.07) is 3.50. The Balaban J connectivity index is 1.86. The molecule has 1 aromatic rings. The number of allylic oxidation sites excluding steroid dienone is 2. The minimum absolute atomic E-state index is 0.154. The lowest BCUT2D eigenvalue weighted by Gasteiger charge is -2.21. The first-order valence-electron chi connectivity index (χ1n) is 7.99. The number of thioether (sulfide) groups is 1. The number of fused-ring (bicyclic) bond motifs is 3. The van der Waals surface area contributed by atoms with Gasteiger partial charge in [-0.3, -0.25) is 0 Å². The summed E-state index contributed by atoms with van der Waals surface area (Å²) in [5.41, 5.74) is 0.822. The average molecular weight is 338 g/mol. The Labute approximate surface area is 139 Å². The van der Waals surface area contributed by atoms with Crippen LogP contribution in [0, 0.1) is 5.82 Å². The van der Waals surface area contributed by atoms with Crippen molar-refractivity contribution in [1.29, 1.82) is 0 Å². The fourth-order valence-corrected chi connectivity index (χ4v) is 4.24. The summed E-state index contributed by atoms with van der Waals surface area (Å²) in [4.78, 5) is 0.492. The Kier molecular flexibility index (Phi) is 4.95. The van der Waals surface area contributed by atoms with Gasteiger partial charge in [-0.05, 0) is 31.1 Å². The Bertz CT molecular complexity index is 655. The molecule has 1 heterocycles. The fraction of sp³-hybridized carbons (Fsp3) is 0.444. The zero-order chi connectivity index (χ0) is 16.4. The van der Waals surface area contributed by atoms with E-state index in [1.165, 1.54) is 11.8 Å². The van der Waals surface area contributed by atoms with Gasteiger partial charge in [-0.2, -0.15) is 0 Å². The highest BCUT2D eigenvalue weighted by atomic mass is 32.2. The topological polar surface area (TPSA) is 18.5 Å². The molecule has 23 heavy (non-hydrogen) atoms. The lowest BCUT2D eigenvalue weighted by Crippen LogP contribution is -2.15. The highest BCUT2D eigenvalue weighted by Gasteiger charge is 2.40. The molecule has 2 aliphatic rings. The number of unbranched alkanes of at least 4 members (excludes halogenated alkanes) is 1. The normalized spacial score (nSPS) is 22.1. The maximum Gasteiger partial charge on any atom is 0.178 e. The largest absolute Gasteiger partial charge is 0.491 e. The van der Waals surface area contributed by atoms with Gasteiger partial charge in [-0.15, -0.1) is 11.8 Å². The molecule has 0 bridgehead atoms. The third-order valence-corrected chi connectivity index (χ3v) is 5.42. The molecule has 0 aromatic heterocycles. The standard InChI is InChI=1S/C18H20F2O2S/c1-3-5-10-22-14-9-7-12-11-6-8-13(21-4-2)15(19)17(11)23-18(12)16(14)20/h6-9,11,17H,3-5,10H2,1-2H3. The predicted octanol–water partition coefficient (Wildman–Crippen LogP) is 5.35. The van der Waals surface area contributed by atoms with E-state index in [1.54, 1.807) is 12.1 Å². The van der Waals surface area contributed by atoms with Crippen molar-refractivity contribution in [3.05, 3.63) is 47.3 Å². The number of ether oxygens (including phenoxy) is 2. The van der Waals surface area contributed by atoms with Gasteiger partial charge in [0.25, 0.3) is 0 Å². The lowest BCUT2D eigenvalue weighted by atomic mass is 9.91. The summed E-state index contributed by atoms with van der Waals surface area (Å²) in [6.07, 6.45) is 5.42. The first-order chi connectivity index (χ1) is 11.2. The van der Waals surface area contributed by atoms with E-state index >= 15 is 0 Å². The quantitative estimate of drug-likeness (QED) is 0.652. The third-order valence-electron chi connectivity index (χ3n) is 4.02. The molecule has 0 fully saturated rings. The molecule has 0 spiro atoms. The molecule has 124 valence electrons. The van der Waals surface area contributed by atoms with Crippen molar-refractivity contribution < 1.29 is 18.3 Å². The number of hydrogen-bond donors (Lipinski definition) is 0. The van der Waals surface area contributed by atoms with Crippen LogP contribution in [0.3, 0.4) is 0 Å². The average Bonchev–Trinajstić information content (AvgIpc) is 2.93. The Morgan fingerprint density at radius 2 is 2.00 bits per heavy atom. The Hall–Kier alpha value is -1.49. The van der Waals surface area contributed by atoms with Crippen molar-refractivity contribution >= 4 is 11.8 Å². The number of rotatable bonds is 6. The van der Waals surface area contributed by atoms with Crippen LogP contribution in [0.5, 0.6) is 5.75 Å². The van der Waals surface area contributed by atoms with Gasteiger partial charge in [0.1, 0.15) is 0 Å². The van der Waals surface area contributed by atoms with Gasteiger partial charge in [-0.25, -0.2) is 8.78 Å². The number of benzene rings is 1. The smallest absolute Gasteiger partial charge is 0.178 e. The van der Waals surface area contributed by atoms with Crippen LogP contribution in [0.4, 0.5) is 8.78 Å². The lowest BCUT2D eigenvalue weighted by molar-refractivity contribution is 0.226. The van der Waals surface area contributed by atoms with E-state index in [0.29, 0.717) is 18.1 Å². The van der Waals surface area contributed by atoms with Gasteiger partial charge in [-0.1, -0.05) is 25.5 Å². The molecular formula is C18H20F2O2S. The Morgan fingerprint density at radius 1 is 1.17 bits per heavy atom. The molecule has 3 rings (SSSR count). The van der Waals surface area contributed by atoms with Crippen LogP contribution in [-0.2, 0) is 4.74 Å². The summed E-state index contributed by atoms with van der Waals surface area (Å²) in [7, 11) is 0. The molecule has 0 radical (unpaired) electrons. The van der Waals surface area contributed by atoms with E-state index in [9.17, 15) is 8.78 Å². The predicted molar refractivity (Wildman–Crippen MR) is 88.1 cm³/mol. The second kappa shape index (κ2) is 6.95. The van der Waals surface area contributed by atoms with Crippen molar-refractivity contribution in [2.45, 2.75) is 42.8 Å².